The van der Waals surface area contributed by atoms with Crippen LogP contribution in [0.15, 0.2) is 28.8 Å². The number of carbonyl (C=O) groups excluding carboxylic acids is 2. The maximum atomic E-state index is 12.1. The lowest BCUT2D eigenvalue weighted by Crippen LogP contribution is -2.36. The van der Waals surface area contributed by atoms with Crippen molar-refractivity contribution in [2.24, 2.45) is 0 Å². The normalized spacial score (nSPS) is 10.7. The van der Waals surface area contributed by atoms with Crippen LogP contribution >= 0.6 is 0 Å². The molecular weight excluding hydrogens is 406 g/mol. The zero-order chi connectivity index (χ0) is 22.5. The van der Waals surface area contributed by atoms with E-state index in [4.69, 9.17) is 4.52 Å². The van der Waals surface area contributed by atoms with Crippen molar-refractivity contribution >= 4 is 17.5 Å². The van der Waals surface area contributed by atoms with Crippen molar-refractivity contribution in [2.75, 3.05) is 13.1 Å². The first-order chi connectivity index (χ1) is 14.8. The number of hydrogen-bond donors (Lipinski definition) is 2. The third-order valence-electron chi connectivity index (χ3n) is 4.48. The van der Waals surface area contributed by atoms with E-state index in [1.807, 2.05) is 31.2 Å². The van der Waals surface area contributed by atoms with Gasteiger partial charge in [0.05, 0.1) is 4.92 Å². The molecule has 0 saturated heterocycles. The topological polar surface area (TPSA) is 158 Å². The largest absolute Gasteiger partial charge is 0.353 e. The molecule has 0 spiro atoms. The van der Waals surface area contributed by atoms with Crippen LogP contribution < -0.4 is 10.6 Å². The van der Waals surface area contributed by atoms with Crippen LogP contribution in [0.25, 0.3) is 11.4 Å². The van der Waals surface area contributed by atoms with Gasteiger partial charge in [-0.05, 0) is 20.8 Å². The van der Waals surface area contributed by atoms with E-state index in [-0.39, 0.29) is 36.9 Å². The second kappa shape index (κ2) is 9.15. The van der Waals surface area contributed by atoms with E-state index in [2.05, 4.69) is 25.9 Å². The van der Waals surface area contributed by atoms with Gasteiger partial charge in [0, 0.05) is 18.7 Å². The summed E-state index contributed by atoms with van der Waals surface area (Å²) in [5.74, 6) is -0.835. The molecule has 1 aromatic carbocycles. The lowest BCUT2D eigenvalue weighted by molar-refractivity contribution is -0.386. The van der Waals surface area contributed by atoms with Gasteiger partial charge in [0.15, 0.2) is 0 Å². The Hall–Kier alpha value is -4.09. The quantitative estimate of drug-likeness (QED) is 0.309. The summed E-state index contributed by atoms with van der Waals surface area (Å²) in [6.45, 7) is 5.10. The van der Waals surface area contributed by atoms with Crippen LogP contribution in [0.5, 0.6) is 0 Å². The highest BCUT2D eigenvalue weighted by molar-refractivity contribution is 5.89. The molecule has 0 fully saturated rings. The number of amides is 2. The lowest BCUT2D eigenvalue weighted by atomic mass is 10.1. The molecular formula is C19H21N7O5. The van der Waals surface area contributed by atoms with Gasteiger partial charge < -0.3 is 15.2 Å². The van der Waals surface area contributed by atoms with Crippen molar-refractivity contribution in [1.82, 2.24) is 30.6 Å². The Kier molecular flexibility index (Phi) is 6.38. The van der Waals surface area contributed by atoms with Crippen molar-refractivity contribution in [3.05, 3.63) is 57.2 Å². The molecule has 0 atom stereocenters. The monoisotopic (exact) mass is 427 g/mol. The molecule has 0 unspecified atom stereocenters. The molecule has 0 aliphatic rings. The number of rotatable bonds is 8. The number of carbonyl (C=O) groups is 2. The molecule has 2 aromatic heterocycles. The molecule has 31 heavy (non-hydrogen) atoms. The highest BCUT2D eigenvalue weighted by Crippen LogP contribution is 2.21. The molecule has 3 aromatic rings. The Morgan fingerprint density at radius 3 is 2.45 bits per heavy atom. The fourth-order valence-electron chi connectivity index (χ4n) is 2.89. The smallest absolute Gasteiger partial charge is 0.316 e. The van der Waals surface area contributed by atoms with Gasteiger partial charge in [0.2, 0.25) is 11.7 Å². The number of hydrogen-bond acceptors (Lipinski definition) is 8. The summed E-state index contributed by atoms with van der Waals surface area (Å²) in [6.07, 6.45) is 0. The number of nitrogens with one attached hydrogen (secondary N) is 2. The van der Waals surface area contributed by atoms with Crippen molar-refractivity contribution in [3.8, 4) is 11.4 Å². The zero-order valence-corrected chi connectivity index (χ0v) is 17.2. The molecule has 3 rings (SSSR count). The second-order valence-electron chi connectivity index (χ2n) is 6.83. The molecule has 12 heteroatoms. The average molecular weight is 427 g/mol. The summed E-state index contributed by atoms with van der Waals surface area (Å²) in [5, 5.41) is 24.0. The molecule has 12 nitrogen and oxygen atoms in total. The van der Waals surface area contributed by atoms with Gasteiger partial charge in [0.25, 0.3) is 0 Å². The summed E-state index contributed by atoms with van der Waals surface area (Å²) < 4.78 is 6.26. The maximum absolute atomic E-state index is 12.1. The third-order valence-corrected chi connectivity index (χ3v) is 4.48. The van der Waals surface area contributed by atoms with Gasteiger partial charge in [-0.15, -0.1) is 0 Å². The molecule has 0 bridgehead atoms. The maximum Gasteiger partial charge on any atom is 0.316 e. The number of aromatic nitrogens is 4. The molecule has 2 N–H and O–H groups in total. The summed E-state index contributed by atoms with van der Waals surface area (Å²) in [4.78, 5) is 38.8. The van der Waals surface area contributed by atoms with Crippen LogP contribution in [-0.2, 0) is 11.3 Å². The Morgan fingerprint density at radius 2 is 1.81 bits per heavy atom. The van der Waals surface area contributed by atoms with Crippen LogP contribution in [-0.4, -0.2) is 49.7 Å². The predicted molar refractivity (Wildman–Crippen MR) is 108 cm³/mol. The zero-order valence-electron chi connectivity index (χ0n) is 17.2. The first-order valence-corrected chi connectivity index (χ1v) is 9.40. The molecule has 0 radical (unpaired) electrons. The van der Waals surface area contributed by atoms with Crippen molar-refractivity contribution in [3.63, 3.8) is 0 Å². The summed E-state index contributed by atoms with van der Waals surface area (Å²) in [5.41, 5.74) is 2.25. The van der Waals surface area contributed by atoms with E-state index >= 15 is 0 Å². The SMILES string of the molecule is Cc1ccc(-c2noc(C(=O)NCCNC(=O)Cn3nc(C)c([N+](=O)[O-])c3C)n2)cc1. The fraction of sp³-hybridized carbons (Fsp3) is 0.316. The van der Waals surface area contributed by atoms with E-state index < -0.39 is 16.7 Å². The van der Waals surface area contributed by atoms with Crippen LogP contribution in [0.4, 0.5) is 5.69 Å². The summed E-state index contributed by atoms with van der Waals surface area (Å²) >= 11 is 0. The first kappa shape index (κ1) is 21.6. The fourth-order valence-corrected chi connectivity index (χ4v) is 2.89. The summed E-state index contributed by atoms with van der Waals surface area (Å²) in [6, 6.07) is 7.46. The molecule has 2 heterocycles. The molecule has 0 saturated carbocycles. The first-order valence-electron chi connectivity index (χ1n) is 9.40. The van der Waals surface area contributed by atoms with Gasteiger partial charge >= 0.3 is 17.5 Å². The van der Waals surface area contributed by atoms with Gasteiger partial charge in [-0.3, -0.25) is 24.4 Å². The van der Waals surface area contributed by atoms with Crippen LogP contribution in [0.3, 0.4) is 0 Å². The van der Waals surface area contributed by atoms with E-state index in [0.717, 1.165) is 11.1 Å². The molecule has 162 valence electrons. The molecule has 2 amide bonds. The van der Waals surface area contributed by atoms with E-state index in [0.29, 0.717) is 11.5 Å². The van der Waals surface area contributed by atoms with Crippen molar-refractivity contribution in [1.29, 1.82) is 0 Å². The van der Waals surface area contributed by atoms with Gasteiger partial charge in [0.1, 0.15) is 17.9 Å². The van der Waals surface area contributed by atoms with Gasteiger partial charge in [-0.2, -0.15) is 10.1 Å². The highest BCUT2D eigenvalue weighted by atomic mass is 16.6. The van der Waals surface area contributed by atoms with E-state index in [1.165, 1.54) is 18.5 Å². The van der Waals surface area contributed by atoms with E-state index in [1.54, 1.807) is 0 Å². The average Bonchev–Trinajstić information content (AvgIpc) is 3.31. The number of nitrogens with zero attached hydrogens (tertiary/aromatic N) is 5. The lowest BCUT2D eigenvalue weighted by Gasteiger charge is -2.06. The highest BCUT2D eigenvalue weighted by Gasteiger charge is 2.22. The standard InChI is InChI=1S/C19H21N7O5/c1-11-4-6-14(7-5-11)17-22-19(31-24-17)18(28)21-9-8-20-15(27)10-25-13(3)16(26(29)30)12(2)23-25/h4-7H,8-10H2,1-3H3,(H,20,27)(H,21,28). The van der Waals surface area contributed by atoms with E-state index in [9.17, 15) is 19.7 Å². The van der Waals surface area contributed by atoms with Gasteiger partial charge in [-0.25, -0.2) is 0 Å². The number of nitro groups is 1. The minimum atomic E-state index is -0.561. The van der Waals surface area contributed by atoms with Gasteiger partial charge in [-0.1, -0.05) is 35.0 Å². The second-order valence-corrected chi connectivity index (χ2v) is 6.83. The Balaban J connectivity index is 1.46. The minimum absolute atomic E-state index is 0.107. The predicted octanol–water partition coefficient (Wildman–Crippen LogP) is 1.31. The third kappa shape index (κ3) is 5.10. The molecule has 0 aliphatic carbocycles. The number of benzene rings is 1. The van der Waals surface area contributed by atoms with Crippen molar-refractivity contribution < 1.29 is 19.0 Å². The Labute approximate surface area is 176 Å². The van der Waals surface area contributed by atoms with Crippen LogP contribution in [0.1, 0.15) is 27.6 Å². The molecule has 0 aliphatic heterocycles. The number of aryl methyl sites for hydroxylation is 2. The minimum Gasteiger partial charge on any atom is -0.353 e. The summed E-state index contributed by atoms with van der Waals surface area (Å²) in [7, 11) is 0. The Morgan fingerprint density at radius 1 is 1.13 bits per heavy atom. The van der Waals surface area contributed by atoms with Crippen molar-refractivity contribution in [2.45, 2.75) is 27.3 Å². The Bertz CT molecular complexity index is 1120. The van der Waals surface area contributed by atoms with Crippen LogP contribution in [0.2, 0.25) is 0 Å². The van der Waals surface area contributed by atoms with Crippen LogP contribution in [0, 0.1) is 30.9 Å².